The zero-order valence-corrected chi connectivity index (χ0v) is 7.16. The van der Waals surface area contributed by atoms with Crippen molar-refractivity contribution in [2.45, 2.75) is 25.3 Å². The summed E-state index contributed by atoms with van der Waals surface area (Å²) in [5.41, 5.74) is 0. The van der Waals surface area contributed by atoms with Crippen molar-refractivity contribution in [3.05, 3.63) is 0 Å². The molecule has 0 unspecified atom stereocenters. The standard InChI is InChI=1S/C8H13NO3/c1-12-8(11)9-5-3-2-4-7(9)6-10/h6-7H,2-5H2,1H3/t7-/m0/s1. The van der Waals surface area contributed by atoms with Crippen molar-refractivity contribution in [3.63, 3.8) is 0 Å². The number of likely N-dealkylation sites (tertiary alicyclic amines) is 1. The van der Waals surface area contributed by atoms with Gasteiger partial charge in [-0.05, 0) is 19.3 Å². The third-order valence-electron chi connectivity index (χ3n) is 2.12. The van der Waals surface area contributed by atoms with Crippen molar-refractivity contribution in [1.82, 2.24) is 4.90 Å². The first-order chi connectivity index (χ1) is 5.79. The maximum Gasteiger partial charge on any atom is 0.410 e. The number of methoxy groups -OCH3 is 1. The Labute approximate surface area is 71.5 Å². The van der Waals surface area contributed by atoms with Crippen LogP contribution in [-0.4, -0.2) is 37.0 Å². The van der Waals surface area contributed by atoms with Gasteiger partial charge in [0, 0.05) is 6.54 Å². The molecule has 0 aromatic rings. The van der Waals surface area contributed by atoms with Crippen LogP contribution in [0.2, 0.25) is 0 Å². The molecule has 0 saturated carbocycles. The highest BCUT2D eigenvalue weighted by Crippen LogP contribution is 2.15. The molecule has 0 aromatic heterocycles. The second-order valence-electron chi connectivity index (χ2n) is 2.86. The maximum atomic E-state index is 11.1. The predicted molar refractivity (Wildman–Crippen MR) is 42.8 cm³/mol. The van der Waals surface area contributed by atoms with E-state index in [1.54, 1.807) is 0 Å². The summed E-state index contributed by atoms with van der Waals surface area (Å²) in [5.74, 6) is 0. The van der Waals surface area contributed by atoms with E-state index in [0.717, 1.165) is 25.5 Å². The molecular formula is C8H13NO3. The van der Waals surface area contributed by atoms with Crippen LogP contribution in [-0.2, 0) is 9.53 Å². The minimum Gasteiger partial charge on any atom is -0.453 e. The molecule has 1 fully saturated rings. The van der Waals surface area contributed by atoms with E-state index in [0.29, 0.717) is 6.54 Å². The molecule has 68 valence electrons. The quantitative estimate of drug-likeness (QED) is 0.548. The lowest BCUT2D eigenvalue weighted by molar-refractivity contribution is -0.112. The summed E-state index contributed by atoms with van der Waals surface area (Å²) in [6, 6.07) is -0.272. The van der Waals surface area contributed by atoms with E-state index in [1.807, 2.05) is 0 Å². The van der Waals surface area contributed by atoms with Crippen molar-refractivity contribution in [3.8, 4) is 0 Å². The fourth-order valence-electron chi connectivity index (χ4n) is 1.44. The molecular weight excluding hydrogens is 158 g/mol. The summed E-state index contributed by atoms with van der Waals surface area (Å²) in [6.45, 7) is 0.635. The van der Waals surface area contributed by atoms with E-state index in [1.165, 1.54) is 12.0 Å². The summed E-state index contributed by atoms with van der Waals surface area (Å²) >= 11 is 0. The summed E-state index contributed by atoms with van der Waals surface area (Å²) in [6.07, 6.45) is 3.15. The number of carbonyl (C=O) groups excluding carboxylic acids is 2. The number of hydrogen-bond donors (Lipinski definition) is 0. The average Bonchev–Trinajstić information content (AvgIpc) is 2.16. The van der Waals surface area contributed by atoms with Gasteiger partial charge in [0.15, 0.2) is 0 Å². The van der Waals surface area contributed by atoms with Gasteiger partial charge in [-0.1, -0.05) is 0 Å². The Morgan fingerprint density at radius 2 is 2.33 bits per heavy atom. The lowest BCUT2D eigenvalue weighted by Gasteiger charge is -2.30. The second kappa shape index (κ2) is 4.09. The number of ether oxygens (including phenoxy) is 1. The third-order valence-corrected chi connectivity index (χ3v) is 2.12. The van der Waals surface area contributed by atoms with Crippen LogP contribution in [0.25, 0.3) is 0 Å². The second-order valence-corrected chi connectivity index (χ2v) is 2.86. The van der Waals surface area contributed by atoms with Crippen LogP contribution in [0.15, 0.2) is 0 Å². The topological polar surface area (TPSA) is 46.6 Å². The Morgan fingerprint density at radius 3 is 2.92 bits per heavy atom. The van der Waals surface area contributed by atoms with Gasteiger partial charge in [-0.2, -0.15) is 0 Å². The number of nitrogens with zero attached hydrogens (tertiary/aromatic N) is 1. The number of amides is 1. The van der Waals surface area contributed by atoms with Crippen molar-refractivity contribution < 1.29 is 14.3 Å². The van der Waals surface area contributed by atoms with E-state index < -0.39 is 6.09 Å². The van der Waals surface area contributed by atoms with Gasteiger partial charge in [0.2, 0.25) is 0 Å². The maximum absolute atomic E-state index is 11.1. The first kappa shape index (κ1) is 9.03. The fourth-order valence-corrected chi connectivity index (χ4v) is 1.44. The first-order valence-electron chi connectivity index (χ1n) is 4.09. The van der Waals surface area contributed by atoms with Crippen LogP contribution in [0.3, 0.4) is 0 Å². The van der Waals surface area contributed by atoms with Crippen LogP contribution in [0.1, 0.15) is 19.3 Å². The zero-order chi connectivity index (χ0) is 8.97. The Morgan fingerprint density at radius 1 is 1.58 bits per heavy atom. The first-order valence-corrected chi connectivity index (χ1v) is 4.09. The highest BCUT2D eigenvalue weighted by molar-refractivity contribution is 5.73. The van der Waals surface area contributed by atoms with Crippen LogP contribution in [0.4, 0.5) is 4.79 Å². The zero-order valence-electron chi connectivity index (χ0n) is 7.16. The van der Waals surface area contributed by atoms with Gasteiger partial charge in [0.05, 0.1) is 13.2 Å². The van der Waals surface area contributed by atoms with Gasteiger partial charge in [-0.3, -0.25) is 4.90 Å². The number of rotatable bonds is 1. The molecule has 1 rings (SSSR count). The van der Waals surface area contributed by atoms with E-state index in [2.05, 4.69) is 4.74 Å². The smallest absolute Gasteiger partial charge is 0.410 e. The van der Waals surface area contributed by atoms with E-state index >= 15 is 0 Å². The molecule has 0 spiro atoms. The normalized spacial score (nSPS) is 23.4. The number of piperidine rings is 1. The molecule has 0 radical (unpaired) electrons. The minimum absolute atomic E-state index is 0.272. The highest BCUT2D eigenvalue weighted by Gasteiger charge is 2.26. The van der Waals surface area contributed by atoms with E-state index in [9.17, 15) is 9.59 Å². The van der Waals surface area contributed by atoms with Gasteiger partial charge in [0.25, 0.3) is 0 Å². The van der Waals surface area contributed by atoms with Gasteiger partial charge >= 0.3 is 6.09 Å². The Balaban J connectivity index is 2.58. The summed E-state index contributed by atoms with van der Waals surface area (Å²) in [7, 11) is 1.33. The van der Waals surface area contributed by atoms with E-state index in [-0.39, 0.29) is 6.04 Å². The van der Waals surface area contributed by atoms with Gasteiger partial charge in [-0.25, -0.2) is 4.79 Å². The van der Waals surface area contributed by atoms with Crippen LogP contribution in [0.5, 0.6) is 0 Å². The molecule has 1 saturated heterocycles. The van der Waals surface area contributed by atoms with Gasteiger partial charge < -0.3 is 9.53 Å². The molecule has 0 bridgehead atoms. The van der Waals surface area contributed by atoms with Crippen LogP contribution in [0, 0.1) is 0 Å². The van der Waals surface area contributed by atoms with Crippen molar-refractivity contribution in [2.75, 3.05) is 13.7 Å². The molecule has 1 heterocycles. The Bertz CT molecular complexity index is 181. The molecule has 1 amide bonds. The SMILES string of the molecule is COC(=O)N1CCCC[C@H]1C=O. The fraction of sp³-hybridized carbons (Fsp3) is 0.750. The van der Waals surface area contributed by atoms with Crippen molar-refractivity contribution in [2.24, 2.45) is 0 Å². The number of carbonyl (C=O) groups is 2. The molecule has 1 aliphatic rings. The number of aldehydes is 1. The average molecular weight is 171 g/mol. The molecule has 0 aliphatic carbocycles. The molecule has 0 N–H and O–H groups in total. The lowest BCUT2D eigenvalue weighted by Crippen LogP contribution is -2.44. The monoisotopic (exact) mass is 171 g/mol. The molecule has 4 heteroatoms. The largest absolute Gasteiger partial charge is 0.453 e. The van der Waals surface area contributed by atoms with Crippen molar-refractivity contribution >= 4 is 12.4 Å². The Hall–Kier alpha value is -1.06. The van der Waals surface area contributed by atoms with Crippen LogP contribution < -0.4 is 0 Å². The van der Waals surface area contributed by atoms with Gasteiger partial charge in [-0.15, -0.1) is 0 Å². The molecule has 1 aliphatic heterocycles. The molecule has 4 nitrogen and oxygen atoms in total. The molecule has 0 aromatic carbocycles. The highest BCUT2D eigenvalue weighted by atomic mass is 16.5. The van der Waals surface area contributed by atoms with Crippen molar-refractivity contribution in [1.29, 1.82) is 0 Å². The summed E-state index contributed by atoms with van der Waals surface area (Å²) in [5, 5.41) is 0. The predicted octanol–water partition coefficient (Wildman–Crippen LogP) is 0.806. The summed E-state index contributed by atoms with van der Waals surface area (Å²) in [4.78, 5) is 23.1. The van der Waals surface area contributed by atoms with Gasteiger partial charge in [0.1, 0.15) is 6.29 Å². The minimum atomic E-state index is -0.396. The van der Waals surface area contributed by atoms with E-state index in [4.69, 9.17) is 0 Å². The lowest BCUT2D eigenvalue weighted by atomic mass is 10.0. The number of hydrogen-bond acceptors (Lipinski definition) is 3. The van der Waals surface area contributed by atoms with Crippen LogP contribution >= 0.6 is 0 Å². The molecule has 1 atom stereocenters. The molecule has 12 heavy (non-hydrogen) atoms. The Kier molecular flexibility index (Phi) is 3.08. The third kappa shape index (κ3) is 1.75. The summed E-state index contributed by atoms with van der Waals surface area (Å²) < 4.78 is 4.55.